The lowest BCUT2D eigenvalue weighted by atomic mass is 10.1. The van der Waals surface area contributed by atoms with E-state index in [4.69, 9.17) is 0 Å². The Balaban J connectivity index is 2.65. The molecule has 2 rings (SSSR count). The van der Waals surface area contributed by atoms with E-state index in [-0.39, 0.29) is 22.7 Å². The molecule has 1 aromatic carbocycles. The number of carbonyl (C=O) groups is 1. The molecule has 0 atom stereocenters. The van der Waals surface area contributed by atoms with Gasteiger partial charge in [0.1, 0.15) is 5.82 Å². The highest BCUT2D eigenvalue weighted by molar-refractivity contribution is 5.93. The van der Waals surface area contributed by atoms with Gasteiger partial charge in [-0.3, -0.25) is 9.59 Å². The maximum Gasteiger partial charge on any atom is 0.261 e. The summed E-state index contributed by atoms with van der Waals surface area (Å²) < 4.78 is 14.4. The van der Waals surface area contributed by atoms with Gasteiger partial charge in [0.2, 0.25) is 0 Å². The molecule has 3 nitrogen and oxygen atoms in total. The summed E-state index contributed by atoms with van der Waals surface area (Å²) in [5.41, 5.74) is 1.29. The summed E-state index contributed by atoms with van der Waals surface area (Å²) in [6, 6.07) is 9.16. The standard InChI is InChI=1S/C15H14FNO2/c1-3-17-14(11-4-6-12(16)7-5-11)9-8-13(10(2)18)15(17)19/h4-9H,3H2,1-2H3. The number of benzene rings is 1. The van der Waals surface area contributed by atoms with Crippen molar-refractivity contribution in [3.63, 3.8) is 0 Å². The van der Waals surface area contributed by atoms with Crippen LogP contribution in [0, 0.1) is 5.82 Å². The smallest absolute Gasteiger partial charge is 0.261 e. The quantitative estimate of drug-likeness (QED) is 0.795. The van der Waals surface area contributed by atoms with Gasteiger partial charge in [-0.1, -0.05) is 0 Å². The average Bonchev–Trinajstić information content (AvgIpc) is 2.38. The Morgan fingerprint density at radius 2 is 1.79 bits per heavy atom. The van der Waals surface area contributed by atoms with Crippen molar-refractivity contribution >= 4 is 5.78 Å². The van der Waals surface area contributed by atoms with Crippen LogP contribution in [0.25, 0.3) is 11.3 Å². The molecule has 19 heavy (non-hydrogen) atoms. The van der Waals surface area contributed by atoms with E-state index in [0.717, 1.165) is 5.56 Å². The molecule has 1 aromatic heterocycles. The number of ketones is 1. The van der Waals surface area contributed by atoms with E-state index in [0.29, 0.717) is 12.2 Å². The fraction of sp³-hybridized carbons (Fsp3) is 0.200. The molecule has 2 aromatic rings. The molecule has 1 heterocycles. The molecule has 4 heteroatoms. The lowest BCUT2D eigenvalue weighted by Crippen LogP contribution is -2.26. The minimum Gasteiger partial charge on any atom is -0.308 e. The van der Waals surface area contributed by atoms with E-state index in [1.165, 1.54) is 29.7 Å². The van der Waals surface area contributed by atoms with Gasteiger partial charge in [0.25, 0.3) is 5.56 Å². The second kappa shape index (κ2) is 5.18. The van der Waals surface area contributed by atoms with Gasteiger partial charge in [-0.25, -0.2) is 4.39 Å². The number of nitrogens with zero attached hydrogens (tertiary/aromatic N) is 1. The fourth-order valence-electron chi connectivity index (χ4n) is 2.03. The first-order valence-electron chi connectivity index (χ1n) is 6.05. The van der Waals surface area contributed by atoms with E-state index >= 15 is 0 Å². The molecular formula is C15H14FNO2. The second-order valence-electron chi connectivity index (χ2n) is 4.24. The van der Waals surface area contributed by atoms with Crippen LogP contribution in [0.1, 0.15) is 24.2 Å². The molecule has 0 radical (unpaired) electrons. The van der Waals surface area contributed by atoms with E-state index < -0.39 is 0 Å². The number of carbonyl (C=O) groups excluding carboxylic acids is 1. The first-order valence-corrected chi connectivity index (χ1v) is 6.05. The normalized spacial score (nSPS) is 10.5. The Bertz CT molecular complexity index is 672. The van der Waals surface area contributed by atoms with Crippen LogP contribution >= 0.6 is 0 Å². The number of Topliss-reactive ketones (excluding diaryl/α,β-unsaturated/α-hetero) is 1. The Morgan fingerprint density at radius 3 is 2.32 bits per heavy atom. The third-order valence-electron chi connectivity index (χ3n) is 3.01. The maximum atomic E-state index is 12.9. The first kappa shape index (κ1) is 13.2. The molecule has 98 valence electrons. The van der Waals surface area contributed by atoms with Crippen molar-refractivity contribution in [2.45, 2.75) is 20.4 Å². The van der Waals surface area contributed by atoms with Crippen molar-refractivity contribution in [2.24, 2.45) is 0 Å². The van der Waals surface area contributed by atoms with Crippen molar-refractivity contribution < 1.29 is 9.18 Å². The van der Waals surface area contributed by atoms with Gasteiger partial charge in [-0.2, -0.15) is 0 Å². The van der Waals surface area contributed by atoms with Gasteiger partial charge in [-0.15, -0.1) is 0 Å². The van der Waals surface area contributed by atoms with Crippen LogP contribution in [0.3, 0.4) is 0 Å². The summed E-state index contributed by atoms with van der Waals surface area (Å²) in [5, 5.41) is 0. The van der Waals surface area contributed by atoms with Crippen molar-refractivity contribution in [1.29, 1.82) is 0 Å². The van der Waals surface area contributed by atoms with E-state index in [2.05, 4.69) is 0 Å². The summed E-state index contributed by atoms with van der Waals surface area (Å²) in [6.45, 7) is 3.65. The van der Waals surface area contributed by atoms with Gasteiger partial charge in [-0.05, 0) is 55.8 Å². The summed E-state index contributed by atoms with van der Waals surface area (Å²) in [7, 11) is 0. The van der Waals surface area contributed by atoms with E-state index in [1.807, 2.05) is 6.92 Å². The van der Waals surface area contributed by atoms with Gasteiger partial charge in [0.05, 0.1) is 11.3 Å². The molecule has 0 aliphatic carbocycles. The highest BCUT2D eigenvalue weighted by Gasteiger charge is 2.12. The number of rotatable bonds is 3. The molecule has 0 amide bonds. The predicted molar refractivity (Wildman–Crippen MR) is 71.8 cm³/mol. The molecule has 0 saturated heterocycles. The maximum absolute atomic E-state index is 12.9. The lowest BCUT2D eigenvalue weighted by Gasteiger charge is -2.12. The summed E-state index contributed by atoms with van der Waals surface area (Å²) in [6.07, 6.45) is 0. The molecule has 0 aliphatic rings. The number of halogens is 1. The number of aromatic nitrogens is 1. The number of hydrogen-bond donors (Lipinski definition) is 0. The van der Waals surface area contributed by atoms with E-state index in [1.54, 1.807) is 18.2 Å². The average molecular weight is 259 g/mol. The first-order chi connectivity index (χ1) is 9.04. The number of pyridine rings is 1. The number of hydrogen-bond acceptors (Lipinski definition) is 2. The van der Waals surface area contributed by atoms with Gasteiger partial charge < -0.3 is 4.57 Å². The Morgan fingerprint density at radius 1 is 1.16 bits per heavy atom. The summed E-state index contributed by atoms with van der Waals surface area (Å²) in [5.74, 6) is -0.577. The topological polar surface area (TPSA) is 39.1 Å². The molecule has 0 aliphatic heterocycles. The van der Waals surface area contributed by atoms with Crippen molar-refractivity contribution in [3.8, 4) is 11.3 Å². The van der Waals surface area contributed by atoms with Crippen LogP contribution < -0.4 is 5.56 Å². The van der Waals surface area contributed by atoms with Crippen molar-refractivity contribution in [1.82, 2.24) is 4.57 Å². The molecule has 0 unspecified atom stereocenters. The zero-order valence-electron chi connectivity index (χ0n) is 10.8. The molecule has 0 bridgehead atoms. The van der Waals surface area contributed by atoms with Crippen LogP contribution in [-0.4, -0.2) is 10.4 Å². The van der Waals surface area contributed by atoms with Crippen LogP contribution in [0.2, 0.25) is 0 Å². The second-order valence-corrected chi connectivity index (χ2v) is 4.24. The van der Waals surface area contributed by atoms with Crippen LogP contribution in [-0.2, 0) is 6.54 Å². The molecular weight excluding hydrogens is 245 g/mol. The minimum absolute atomic E-state index is 0.174. The van der Waals surface area contributed by atoms with E-state index in [9.17, 15) is 14.0 Å². The molecule has 0 fully saturated rings. The lowest BCUT2D eigenvalue weighted by molar-refractivity contribution is 0.101. The molecule has 0 N–H and O–H groups in total. The van der Waals surface area contributed by atoms with Crippen LogP contribution in [0.15, 0.2) is 41.2 Å². The third kappa shape index (κ3) is 2.47. The zero-order chi connectivity index (χ0) is 14.0. The monoisotopic (exact) mass is 259 g/mol. The highest BCUT2D eigenvalue weighted by Crippen LogP contribution is 2.19. The summed E-state index contributed by atoms with van der Waals surface area (Å²) >= 11 is 0. The van der Waals surface area contributed by atoms with Gasteiger partial charge >= 0.3 is 0 Å². The van der Waals surface area contributed by atoms with Crippen molar-refractivity contribution in [2.75, 3.05) is 0 Å². The highest BCUT2D eigenvalue weighted by atomic mass is 19.1. The zero-order valence-corrected chi connectivity index (χ0v) is 10.8. The Labute approximate surface area is 110 Å². The summed E-state index contributed by atoms with van der Waals surface area (Å²) in [4.78, 5) is 23.5. The van der Waals surface area contributed by atoms with Crippen LogP contribution in [0.4, 0.5) is 4.39 Å². The van der Waals surface area contributed by atoms with Crippen LogP contribution in [0.5, 0.6) is 0 Å². The van der Waals surface area contributed by atoms with Gasteiger partial charge in [0, 0.05) is 6.54 Å². The Kier molecular flexibility index (Phi) is 3.60. The largest absolute Gasteiger partial charge is 0.308 e. The third-order valence-corrected chi connectivity index (χ3v) is 3.01. The van der Waals surface area contributed by atoms with Crippen molar-refractivity contribution in [3.05, 3.63) is 58.1 Å². The Hall–Kier alpha value is -2.23. The fourth-order valence-corrected chi connectivity index (χ4v) is 2.03. The predicted octanol–water partition coefficient (Wildman–Crippen LogP) is 2.88. The SMILES string of the molecule is CCn1c(-c2ccc(F)cc2)ccc(C(C)=O)c1=O. The van der Waals surface area contributed by atoms with Gasteiger partial charge in [0.15, 0.2) is 5.78 Å². The minimum atomic E-state index is -0.325. The molecule has 0 spiro atoms. The molecule has 0 saturated carbocycles.